The van der Waals surface area contributed by atoms with Crippen molar-refractivity contribution < 1.29 is 9.90 Å². The predicted molar refractivity (Wildman–Crippen MR) is 117 cm³/mol. The molecular formula is C24H23N3O2. The molecule has 2 aromatic carbocycles. The van der Waals surface area contributed by atoms with Crippen molar-refractivity contribution in [2.75, 3.05) is 5.32 Å². The highest BCUT2D eigenvalue weighted by Crippen LogP contribution is 2.38. The molecule has 0 bridgehead atoms. The van der Waals surface area contributed by atoms with Gasteiger partial charge >= 0.3 is 5.97 Å². The summed E-state index contributed by atoms with van der Waals surface area (Å²) in [5.41, 5.74) is 6.15. The molecule has 29 heavy (non-hydrogen) atoms. The van der Waals surface area contributed by atoms with E-state index in [9.17, 15) is 9.90 Å². The SMILES string of the molecule is Cc1cc2c(Nc3ccccc3)nc3c(C)c(C(=O)O)c(C)c(C)c3c2c(C)n1. The molecule has 0 spiro atoms. The zero-order valence-corrected chi connectivity index (χ0v) is 17.2. The lowest BCUT2D eigenvalue weighted by Crippen LogP contribution is -2.08. The topological polar surface area (TPSA) is 75.1 Å². The molecule has 2 aromatic heterocycles. The molecule has 0 aliphatic rings. The van der Waals surface area contributed by atoms with E-state index in [2.05, 4.69) is 10.3 Å². The maximum Gasteiger partial charge on any atom is 0.336 e. The number of para-hydroxylation sites is 1. The van der Waals surface area contributed by atoms with E-state index in [0.29, 0.717) is 22.5 Å². The van der Waals surface area contributed by atoms with Crippen LogP contribution in [0.4, 0.5) is 11.5 Å². The summed E-state index contributed by atoms with van der Waals surface area (Å²) in [5.74, 6) is -0.224. The number of hydrogen-bond acceptors (Lipinski definition) is 4. The van der Waals surface area contributed by atoms with Gasteiger partial charge in [0, 0.05) is 33.2 Å². The second kappa shape index (κ2) is 6.85. The standard InChI is InChI=1S/C24H23N3O2/c1-12-11-18-21(16(5)25-12)20-14(3)13(2)19(24(28)29)15(4)22(20)27-23(18)26-17-9-7-6-8-10-17/h6-11H,1-5H3,(H,26,27)(H,28,29). The van der Waals surface area contributed by atoms with E-state index >= 15 is 0 Å². The first-order valence-electron chi connectivity index (χ1n) is 9.56. The number of aromatic carboxylic acids is 1. The van der Waals surface area contributed by atoms with Crippen LogP contribution in [0, 0.1) is 34.6 Å². The molecule has 146 valence electrons. The first-order chi connectivity index (χ1) is 13.8. The molecule has 5 heteroatoms. The average Bonchev–Trinajstić information content (AvgIpc) is 2.67. The van der Waals surface area contributed by atoms with Crippen molar-refractivity contribution in [2.45, 2.75) is 34.6 Å². The number of hydrogen-bond donors (Lipinski definition) is 2. The van der Waals surface area contributed by atoms with Gasteiger partial charge < -0.3 is 10.4 Å². The van der Waals surface area contributed by atoms with Crippen molar-refractivity contribution in [1.29, 1.82) is 0 Å². The van der Waals surface area contributed by atoms with Crippen molar-refractivity contribution in [3.63, 3.8) is 0 Å². The van der Waals surface area contributed by atoms with Gasteiger partial charge in [0.1, 0.15) is 5.82 Å². The molecule has 2 heterocycles. The number of carbonyl (C=O) groups is 1. The summed E-state index contributed by atoms with van der Waals surface area (Å²) in [5, 5.41) is 16.2. The number of nitrogens with one attached hydrogen (secondary N) is 1. The maximum atomic E-state index is 11.9. The van der Waals surface area contributed by atoms with Crippen LogP contribution < -0.4 is 5.32 Å². The van der Waals surface area contributed by atoms with Gasteiger partial charge in [-0.2, -0.15) is 0 Å². The molecule has 0 unspecified atom stereocenters. The van der Waals surface area contributed by atoms with Crippen LogP contribution in [0.3, 0.4) is 0 Å². The number of anilines is 2. The van der Waals surface area contributed by atoms with Crippen LogP contribution >= 0.6 is 0 Å². The molecule has 0 atom stereocenters. The Morgan fingerprint density at radius 3 is 2.24 bits per heavy atom. The number of fused-ring (bicyclic) bond motifs is 3. The largest absolute Gasteiger partial charge is 0.478 e. The van der Waals surface area contributed by atoms with Gasteiger partial charge in [0.25, 0.3) is 0 Å². The monoisotopic (exact) mass is 385 g/mol. The first kappa shape index (κ1) is 18.9. The Kier molecular flexibility index (Phi) is 4.46. The summed E-state index contributed by atoms with van der Waals surface area (Å²) < 4.78 is 0. The Labute approximate surface area is 169 Å². The third kappa shape index (κ3) is 2.99. The number of aryl methyl sites for hydroxylation is 4. The highest BCUT2D eigenvalue weighted by atomic mass is 16.4. The van der Waals surface area contributed by atoms with Crippen molar-refractivity contribution in [1.82, 2.24) is 9.97 Å². The van der Waals surface area contributed by atoms with Gasteiger partial charge in [0.05, 0.1) is 11.1 Å². The molecule has 2 N–H and O–H groups in total. The van der Waals surface area contributed by atoms with Crippen molar-refractivity contribution >= 4 is 39.1 Å². The molecule has 0 aliphatic carbocycles. The third-order valence-corrected chi connectivity index (χ3v) is 5.59. The fourth-order valence-corrected chi connectivity index (χ4v) is 4.16. The van der Waals surface area contributed by atoms with Gasteiger partial charge in [0.2, 0.25) is 0 Å². The summed E-state index contributed by atoms with van der Waals surface area (Å²) >= 11 is 0. The molecular weight excluding hydrogens is 362 g/mol. The molecule has 0 saturated carbocycles. The van der Waals surface area contributed by atoms with E-state index in [0.717, 1.165) is 44.4 Å². The van der Waals surface area contributed by atoms with Crippen LogP contribution in [0.5, 0.6) is 0 Å². The van der Waals surface area contributed by atoms with Gasteiger partial charge in [-0.25, -0.2) is 9.78 Å². The molecule has 0 aliphatic heterocycles. The third-order valence-electron chi connectivity index (χ3n) is 5.59. The second-order valence-corrected chi connectivity index (χ2v) is 7.50. The highest BCUT2D eigenvalue weighted by molar-refractivity contribution is 6.15. The fraction of sp³-hybridized carbons (Fsp3) is 0.208. The Bertz CT molecular complexity index is 1300. The van der Waals surface area contributed by atoms with Crippen LogP contribution in [-0.2, 0) is 0 Å². The van der Waals surface area contributed by atoms with E-state index in [1.807, 2.05) is 71.0 Å². The number of pyridine rings is 2. The summed E-state index contributed by atoms with van der Waals surface area (Å²) in [6.45, 7) is 9.63. The zero-order valence-electron chi connectivity index (χ0n) is 17.2. The number of rotatable bonds is 3. The maximum absolute atomic E-state index is 11.9. The second-order valence-electron chi connectivity index (χ2n) is 7.50. The van der Waals surface area contributed by atoms with Crippen molar-refractivity contribution in [3.05, 3.63) is 70.0 Å². The first-order valence-corrected chi connectivity index (χ1v) is 9.56. The lowest BCUT2D eigenvalue weighted by Gasteiger charge is -2.19. The van der Waals surface area contributed by atoms with Crippen LogP contribution in [0.15, 0.2) is 36.4 Å². The Morgan fingerprint density at radius 2 is 1.59 bits per heavy atom. The minimum absolute atomic E-state index is 0.324. The lowest BCUT2D eigenvalue weighted by molar-refractivity contribution is 0.0695. The highest BCUT2D eigenvalue weighted by Gasteiger charge is 2.22. The Hall–Kier alpha value is -3.47. The molecule has 0 fully saturated rings. The predicted octanol–water partition coefficient (Wildman–Crippen LogP) is 5.77. The number of carboxylic acid groups (broad SMARTS) is 1. The van der Waals surface area contributed by atoms with E-state index in [1.165, 1.54) is 0 Å². The van der Waals surface area contributed by atoms with E-state index in [4.69, 9.17) is 4.98 Å². The number of carboxylic acids is 1. The van der Waals surface area contributed by atoms with Crippen LogP contribution in [-0.4, -0.2) is 21.0 Å². The van der Waals surface area contributed by atoms with E-state index < -0.39 is 5.97 Å². The molecule has 0 saturated heterocycles. The lowest BCUT2D eigenvalue weighted by atomic mass is 9.90. The summed E-state index contributed by atoms with van der Waals surface area (Å²) in [6, 6.07) is 11.9. The minimum Gasteiger partial charge on any atom is -0.478 e. The fourth-order valence-electron chi connectivity index (χ4n) is 4.16. The zero-order chi connectivity index (χ0) is 20.9. The van der Waals surface area contributed by atoms with Gasteiger partial charge in [-0.05, 0) is 69.5 Å². The summed E-state index contributed by atoms with van der Waals surface area (Å²) in [4.78, 5) is 21.5. The van der Waals surface area contributed by atoms with Gasteiger partial charge in [-0.3, -0.25) is 4.98 Å². The molecule has 0 radical (unpaired) electrons. The molecule has 5 nitrogen and oxygen atoms in total. The smallest absolute Gasteiger partial charge is 0.336 e. The van der Waals surface area contributed by atoms with Gasteiger partial charge in [-0.15, -0.1) is 0 Å². The van der Waals surface area contributed by atoms with Gasteiger partial charge in [-0.1, -0.05) is 18.2 Å². The molecule has 4 rings (SSSR count). The summed E-state index contributed by atoms with van der Waals surface area (Å²) in [6.07, 6.45) is 0. The van der Waals surface area contributed by atoms with Crippen molar-refractivity contribution in [2.24, 2.45) is 0 Å². The number of benzene rings is 2. The van der Waals surface area contributed by atoms with Crippen LogP contribution in [0.1, 0.15) is 38.4 Å². The minimum atomic E-state index is -0.928. The molecule has 0 amide bonds. The van der Waals surface area contributed by atoms with E-state index in [-0.39, 0.29) is 0 Å². The van der Waals surface area contributed by atoms with Crippen LogP contribution in [0.2, 0.25) is 0 Å². The quantitative estimate of drug-likeness (QED) is 0.438. The molecule has 4 aromatic rings. The van der Waals surface area contributed by atoms with Crippen LogP contribution in [0.25, 0.3) is 21.7 Å². The van der Waals surface area contributed by atoms with Crippen molar-refractivity contribution in [3.8, 4) is 0 Å². The van der Waals surface area contributed by atoms with Gasteiger partial charge in [0.15, 0.2) is 0 Å². The Balaban J connectivity index is 2.19. The number of aromatic nitrogens is 2. The summed E-state index contributed by atoms with van der Waals surface area (Å²) in [7, 11) is 0. The Morgan fingerprint density at radius 1 is 0.897 bits per heavy atom. The normalized spacial score (nSPS) is 11.2. The van der Waals surface area contributed by atoms with E-state index in [1.54, 1.807) is 0 Å². The average molecular weight is 385 g/mol. The number of nitrogens with zero attached hydrogens (tertiary/aromatic N) is 2.